The third-order valence-electron chi connectivity index (χ3n) is 5.56. The first-order valence-corrected chi connectivity index (χ1v) is 10.4. The Morgan fingerprint density at radius 2 is 1.82 bits per heavy atom. The van der Waals surface area contributed by atoms with Crippen LogP contribution < -0.4 is 15.0 Å². The normalized spacial score (nSPS) is 12.5. The summed E-state index contributed by atoms with van der Waals surface area (Å²) in [4.78, 5) is 29.3. The first-order chi connectivity index (χ1) is 16.0. The Balaban J connectivity index is 1.61. The number of benzene rings is 3. The minimum atomic E-state index is -0.309. The van der Waals surface area contributed by atoms with Crippen molar-refractivity contribution in [2.24, 2.45) is 4.99 Å². The van der Waals surface area contributed by atoms with Gasteiger partial charge >= 0.3 is 0 Å². The molecule has 1 N–H and O–H groups in total. The molecule has 0 fully saturated rings. The second-order valence-corrected chi connectivity index (χ2v) is 7.73. The molecule has 0 unspecified atom stereocenters. The smallest absolute Gasteiger partial charge is 0.261 e. The summed E-state index contributed by atoms with van der Waals surface area (Å²) in [6.45, 7) is 1.80. The Morgan fingerprint density at radius 3 is 2.64 bits per heavy atom. The molecule has 0 radical (unpaired) electrons. The van der Waals surface area contributed by atoms with Crippen molar-refractivity contribution in [3.63, 3.8) is 0 Å². The molecular weight excluding hydrogens is 420 g/mol. The summed E-state index contributed by atoms with van der Waals surface area (Å²) >= 11 is 0. The van der Waals surface area contributed by atoms with Gasteiger partial charge in [-0.3, -0.25) is 19.1 Å². The Bertz CT molecular complexity index is 1490. The van der Waals surface area contributed by atoms with Crippen LogP contribution in [0.2, 0.25) is 0 Å². The van der Waals surface area contributed by atoms with E-state index in [1.165, 1.54) is 17.7 Å². The number of aromatic hydroxyl groups is 1. The number of ketones is 1. The van der Waals surface area contributed by atoms with E-state index in [-0.39, 0.29) is 30.6 Å². The topological polar surface area (TPSA) is 90.1 Å². The second-order valence-electron chi connectivity index (χ2n) is 7.73. The maximum Gasteiger partial charge on any atom is 0.261 e. The molecule has 4 aromatic rings. The van der Waals surface area contributed by atoms with Crippen LogP contribution >= 0.6 is 0 Å². The highest BCUT2D eigenvalue weighted by atomic mass is 16.7. The Morgan fingerprint density at radius 1 is 1.03 bits per heavy atom. The van der Waals surface area contributed by atoms with Crippen LogP contribution in [0.3, 0.4) is 0 Å². The molecular formula is C26H20N2O5. The predicted octanol–water partition coefficient (Wildman–Crippen LogP) is 4.44. The van der Waals surface area contributed by atoms with Crippen LogP contribution in [-0.4, -0.2) is 28.5 Å². The van der Waals surface area contributed by atoms with Crippen LogP contribution in [0.4, 0.5) is 5.69 Å². The molecule has 0 aliphatic carbocycles. The summed E-state index contributed by atoms with van der Waals surface area (Å²) in [5.74, 6) is 1.00. The number of aliphatic imine (C=N–C) groups is 1. The van der Waals surface area contributed by atoms with Crippen LogP contribution in [0, 0.1) is 0 Å². The summed E-state index contributed by atoms with van der Waals surface area (Å²) < 4.78 is 12.1. The Labute approximate surface area is 189 Å². The van der Waals surface area contributed by atoms with Crippen molar-refractivity contribution in [1.82, 2.24) is 4.57 Å². The fourth-order valence-electron chi connectivity index (χ4n) is 3.85. The number of fused-ring (bicyclic) bond motifs is 2. The average Bonchev–Trinajstić information content (AvgIpc) is 3.30. The standard InChI is InChI=1S/C26H20N2O5/c1-16(29)18-5-4-6-19(12-18)27-13-22-20-7-2-3-8-21(20)25(30)28(26(22)31)14-17-9-10-23-24(11-17)33-15-32-23/h2-13,31H,14-15H2,1H3. The van der Waals surface area contributed by atoms with Crippen molar-refractivity contribution < 1.29 is 19.4 Å². The van der Waals surface area contributed by atoms with Gasteiger partial charge in [-0.25, -0.2) is 0 Å². The van der Waals surface area contributed by atoms with E-state index in [9.17, 15) is 14.7 Å². The monoisotopic (exact) mass is 440 g/mol. The lowest BCUT2D eigenvalue weighted by molar-refractivity contribution is 0.101. The zero-order valence-corrected chi connectivity index (χ0v) is 17.8. The van der Waals surface area contributed by atoms with Gasteiger partial charge in [-0.2, -0.15) is 0 Å². The molecule has 5 rings (SSSR count). The SMILES string of the molecule is CC(=O)c1cccc(N=Cc2c(O)n(Cc3ccc4c(c3)OCO4)c(=O)c3ccccc23)c1. The van der Waals surface area contributed by atoms with Crippen molar-refractivity contribution in [2.75, 3.05) is 6.79 Å². The molecule has 0 saturated carbocycles. The quantitative estimate of drug-likeness (QED) is 0.366. The highest BCUT2D eigenvalue weighted by Crippen LogP contribution is 2.33. The lowest BCUT2D eigenvalue weighted by Gasteiger charge is -2.14. The van der Waals surface area contributed by atoms with E-state index in [2.05, 4.69) is 4.99 Å². The number of aromatic nitrogens is 1. The van der Waals surface area contributed by atoms with Crippen molar-refractivity contribution in [2.45, 2.75) is 13.5 Å². The fourth-order valence-corrected chi connectivity index (χ4v) is 3.85. The van der Waals surface area contributed by atoms with Gasteiger partial charge in [0.05, 0.1) is 17.8 Å². The highest BCUT2D eigenvalue weighted by Gasteiger charge is 2.17. The molecule has 1 aliphatic heterocycles. The minimum absolute atomic E-state index is 0.0578. The number of hydrogen-bond donors (Lipinski definition) is 1. The van der Waals surface area contributed by atoms with Gasteiger partial charge < -0.3 is 14.6 Å². The molecule has 0 bridgehead atoms. The summed E-state index contributed by atoms with van der Waals surface area (Å²) in [6.07, 6.45) is 1.52. The van der Waals surface area contributed by atoms with Gasteiger partial charge in [0.25, 0.3) is 5.56 Å². The molecule has 0 atom stereocenters. The van der Waals surface area contributed by atoms with Crippen molar-refractivity contribution >= 4 is 28.5 Å². The maximum absolute atomic E-state index is 13.2. The van der Waals surface area contributed by atoms with Crippen LogP contribution in [0.25, 0.3) is 10.8 Å². The summed E-state index contributed by atoms with van der Waals surface area (Å²) in [5, 5.41) is 12.2. The number of carbonyl (C=O) groups excluding carboxylic acids is 1. The average molecular weight is 440 g/mol. The Kier molecular flexibility index (Phi) is 5.14. The van der Waals surface area contributed by atoms with Crippen molar-refractivity contribution in [3.05, 3.63) is 93.8 Å². The van der Waals surface area contributed by atoms with E-state index in [1.807, 2.05) is 6.07 Å². The molecule has 1 aromatic heterocycles. The number of hydrogen-bond acceptors (Lipinski definition) is 6. The molecule has 1 aliphatic rings. The molecule has 164 valence electrons. The zero-order valence-electron chi connectivity index (χ0n) is 17.8. The molecule has 7 heteroatoms. The minimum Gasteiger partial charge on any atom is -0.494 e. The van der Waals surface area contributed by atoms with Crippen LogP contribution in [-0.2, 0) is 6.54 Å². The van der Waals surface area contributed by atoms with Gasteiger partial charge in [-0.1, -0.05) is 36.4 Å². The number of ether oxygens (including phenoxy) is 2. The lowest BCUT2D eigenvalue weighted by atomic mass is 10.1. The first kappa shape index (κ1) is 20.5. The van der Waals surface area contributed by atoms with Gasteiger partial charge in [0.1, 0.15) is 0 Å². The molecule has 0 amide bonds. The molecule has 7 nitrogen and oxygen atoms in total. The van der Waals surface area contributed by atoms with E-state index in [0.29, 0.717) is 39.1 Å². The molecule has 0 spiro atoms. The molecule has 2 heterocycles. The van der Waals surface area contributed by atoms with Crippen LogP contribution in [0.1, 0.15) is 28.4 Å². The van der Waals surface area contributed by atoms with Gasteiger partial charge in [0, 0.05) is 22.6 Å². The van der Waals surface area contributed by atoms with E-state index in [4.69, 9.17) is 9.47 Å². The van der Waals surface area contributed by atoms with Crippen LogP contribution in [0.15, 0.2) is 76.5 Å². The first-order valence-electron chi connectivity index (χ1n) is 10.4. The van der Waals surface area contributed by atoms with Gasteiger partial charge in [0.2, 0.25) is 12.7 Å². The van der Waals surface area contributed by atoms with E-state index in [0.717, 1.165) is 5.56 Å². The summed E-state index contributed by atoms with van der Waals surface area (Å²) in [7, 11) is 0. The van der Waals surface area contributed by atoms with E-state index >= 15 is 0 Å². The van der Waals surface area contributed by atoms with E-state index in [1.54, 1.807) is 60.7 Å². The lowest BCUT2D eigenvalue weighted by Crippen LogP contribution is -2.22. The number of carbonyl (C=O) groups is 1. The largest absolute Gasteiger partial charge is 0.494 e. The zero-order chi connectivity index (χ0) is 22.9. The third kappa shape index (κ3) is 3.85. The summed E-state index contributed by atoms with van der Waals surface area (Å²) in [5.41, 5.74) is 2.01. The van der Waals surface area contributed by atoms with Crippen LogP contribution in [0.5, 0.6) is 17.4 Å². The summed E-state index contributed by atoms with van der Waals surface area (Å²) in [6, 6.07) is 19.4. The van der Waals surface area contributed by atoms with Gasteiger partial charge in [0.15, 0.2) is 17.3 Å². The van der Waals surface area contributed by atoms with Crippen molar-refractivity contribution in [3.8, 4) is 17.4 Å². The van der Waals surface area contributed by atoms with Gasteiger partial charge in [-0.05, 0) is 42.8 Å². The number of pyridine rings is 1. The second kappa shape index (κ2) is 8.27. The predicted molar refractivity (Wildman–Crippen MR) is 125 cm³/mol. The van der Waals surface area contributed by atoms with Gasteiger partial charge in [-0.15, -0.1) is 0 Å². The third-order valence-corrected chi connectivity index (χ3v) is 5.56. The number of nitrogens with zero attached hydrogens (tertiary/aromatic N) is 2. The Hall–Kier alpha value is -4.39. The number of Topliss-reactive ketones (excluding diaryl/α,β-unsaturated/α-hetero) is 1. The molecule has 0 saturated heterocycles. The van der Waals surface area contributed by atoms with Crippen molar-refractivity contribution in [1.29, 1.82) is 0 Å². The maximum atomic E-state index is 13.2. The van der Waals surface area contributed by atoms with E-state index < -0.39 is 0 Å². The fraction of sp³-hybridized carbons (Fsp3) is 0.115. The highest BCUT2D eigenvalue weighted by molar-refractivity contribution is 6.02. The molecule has 3 aromatic carbocycles. The number of rotatable bonds is 5. The molecule has 33 heavy (non-hydrogen) atoms.